The van der Waals surface area contributed by atoms with Crippen molar-refractivity contribution in [3.63, 3.8) is 0 Å². The number of aliphatic hydroxyl groups excluding tert-OH is 1. The van der Waals surface area contributed by atoms with Gasteiger partial charge in [0.05, 0.1) is 25.4 Å². The van der Waals surface area contributed by atoms with Crippen LogP contribution in [-0.2, 0) is 16.1 Å². The number of aliphatic hydroxyl groups is 1. The highest BCUT2D eigenvalue weighted by atomic mass is 16.5. The second-order valence-corrected chi connectivity index (χ2v) is 5.01. The van der Waals surface area contributed by atoms with Crippen molar-refractivity contribution in [2.45, 2.75) is 45.2 Å². The molecule has 1 saturated heterocycles. The molecular formula is C15H22O3. The van der Waals surface area contributed by atoms with E-state index in [1.807, 2.05) is 37.3 Å². The lowest BCUT2D eigenvalue weighted by Crippen LogP contribution is -2.50. The average Bonchev–Trinajstić information content (AvgIpc) is 2.40. The summed E-state index contributed by atoms with van der Waals surface area (Å²) in [5.74, 6) is 0.228. The molecule has 0 spiro atoms. The minimum atomic E-state index is -0.525. The van der Waals surface area contributed by atoms with Gasteiger partial charge in [-0.2, -0.15) is 0 Å². The quantitative estimate of drug-likeness (QED) is 0.891. The molecule has 0 saturated carbocycles. The number of hydrogen-bond acceptors (Lipinski definition) is 3. The summed E-state index contributed by atoms with van der Waals surface area (Å²) >= 11 is 0. The first kappa shape index (κ1) is 13.5. The van der Waals surface area contributed by atoms with Crippen molar-refractivity contribution < 1.29 is 14.6 Å². The molecule has 0 aromatic heterocycles. The Morgan fingerprint density at radius 3 is 2.72 bits per heavy atom. The van der Waals surface area contributed by atoms with Gasteiger partial charge in [0, 0.05) is 5.92 Å². The fraction of sp³-hybridized carbons (Fsp3) is 0.600. The van der Waals surface area contributed by atoms with Gasteiger partial charge in [0.2, 0.25) is 0 Å². The molecule has 0 amide bonds. The minimum absolute atomic E-state index is 0.0954. The molecule has 1 aliphatic heterocycles. The minimum Gasteiger partial charge on any atom is -0.388 e. The van der Waals surface area contributed by atoms with E-state index in [2.05, 4.69) is 6.92 Å². The summed E-state index contributed by atoms with van der Waals surface area (Å²) in [6.45, 7) is 5.29. The van der Waals surface area contributed by atoms with Crippen LogP contribution in [0.25, 0.3) is 0 Å². The predicted molar refractivity (Wildman–Crippen MR) is 70.2 cm³/mol. The third-order valence-corrected chi connectivity index (χ3v) is 3.54. The Labute approximate surface area is 109 Å². The molecule has 3 nitrogen and oxygen atoms in total. The van der Waals surface area contributed by atoms with Crippen LogP contribution in [0, 0.1) is 5.92 Å². The Morgan fingerprint density at radius 2 is 2.06 bits per heavy atom. The normalized spacial score (nSPS) is 32.4. The largest absolute Gasteiger partial charge is 0.388 e. The summed E-state index contributed by atoms with van der Waals surface area (Å²) in [5, 5.41) is 10.2. The number of hydrogen-bond donors (Lipinski definition) is 1. The van der Waals surface area contributed by atoms with Crippen molar-refractivity contribution in [3.05, 3.63) is 35.9 Å². The molecule has 1 fully saturated rings. The Hall–Kier alpha value is -0.900. The number of benzene rings is 1. The highest BCUT2D eigenvalue weighted by Crippen LogP contribution is 2.25. The lowest BCUT2D eigenvalue weighted by molar-refractivity contribution is -0.183. The van der Waals surface area contributed by atoms with Crippen LogP contribution in [0.5, 0.6) is 0 Å². The maximum atomic E-state index is 10.2. The fourth-order valence-corrected chi connectivity index (χ4v) is 2.41. The van der Waals surface area contributed by atoms with Crippen LogP contribution >= 0.6 is 0 Å². The second-order valence-electron chi connectivity index (χ2n) is 5.01. The molecule has 3 heteroatoms. The first-order valence-electron chi connectivity index (χ1n) is 6.67. The van der Waals surface area contributed by atoms with E-state index in [1.165, 1.54) is 0 Å². The lowest BCUT2D eigenvalue weighted by Gasteiger charge is -2.38. The van der Waals surface area contributed by atoms with Crippen molar-refractivity contribution >= 4 is 0 Å². The maximum Gasteiger partial charge on any atom is 0.107 e. The van der Waals surface area contributed by atoms with Gasteiger partial charge in [-0.3, -0.25) is 0 Å². The molecule has 1 aromatic carbocycles. The molecule has 1 N–H and O–H groups in total. The Kier molecular flexibility index (Phi) is 4.75. The number of rotatable bonds is 4. The smallest absolute Gasteiger partial charge is 0.107 e. The maximum absolute atomic E-state index is 10.2. The SMILES string of the molecule is CCC1OCC(C)[C@@H](OCc2ccccc2)[C@H]1O. The predicted octanol–water partition coefficient (Wildman–Crippen LogP) is 2.38. The molecule has 18 heavy (non-hydrogen) atoms. The van der Waals surface area contributed by atoms with Crippen molar-refractivity contribution in [2.75, 3.05) is 6.61 Å². The summed E-state index contributed by atoms with van der Waals surface area (Å²) in [6.07, 6.45) is 0.0624. The van der Waals surface area contributed by atoms with E-state index >= 15 is 0 Å². The Morgan fingerprint density at radius 1 is 1.33 bits per heavy atom. The van der Waals surface area contributed by atoms with Gasteiger partial charge in [0.1, 0.15) is 6.10 Å². The summed E-state index contributed by atoms with van der Waals surface area (Å²) in [6, 6.07) is 10.1. The molecule has 0 aliphatic carbocycles. The molecule has 1 aliphatic rings. The molecule has 1 heterocycles. The molecule has 0 bridgehead atoms. The van der Waals surface area contributed by atoms with Crippen LogP contribution < -0.4 is 0 Å². The molecule has 2 rings (SSSR count). The van der Waals surface area contributed by atoms with E-state index in [1.54, 1.807) is 0 Å². The highest BCUT2D eigenvalue weighted by Gasteiger charge is 2.37. The van der Waals surface area contributed by atoms with Crippen LogP contribution in [0.1, 0.15) is 25.8 Å². The lowest BCUT2D eigenvalue weighted by atomic mass is 9.92. The van der Waals surface area contributed by atoms with E-state index in [0.717, 1.165) is 12.0 Å². The van der Waals surface area contributed by atoms with Gasteiger partial charge in [-0.05, 0) is 12.0 Å². The van der Waals surface area contributed by atoms with E-state index in [-0.39, 0.29) is 18.1 Å². The first-order valence-corrected chi connectivity index (χ1v) is 6.67. The Bertz CT molecular complexity index is 352. The van der Waals surface area contributed by atoms with Crippen LogP contribution in [-0.4, -0.2) is 30.0 Å². The Balaban J connectivity index is 1.94. The topological polar surface area (TPSA) is 38.7 Å². The molecule has 0 radical (unpaired) electrons. The zero-order valence-corrected chi connectivity index (χ0v) is 11.1. The zero-order valence-electron chi connectivity index (χ0n) is 11.1. The second kappa shape index (κ2) is 6.32. The van der Waals surface area contributed by atoms with E-state index in [4.69, 9.17) is 9.47 Å². The molecule has 1 aromatic rings. The highest BCUT2D eigenvalue weighted by molar-refractivity contribution is 5.13. The van der Waals surface area contributed by atoms with Crippen LogP contribution in [0.2, 0.25) is 0 Å². The van der Waals surface area contributed by atoms with Crippen LogP contribution in [0.15, 0.2) is 30.3 Å². The van der Waals surface area contributed by atoms with Crippen molar-refractivity contribution in [1.82, 2.24) is 0 Å². The van der Waals surface area contributed by atoms with E-state index < -0.39 is 6.10 Å². The van der Waals surface area contributed by atoms with Crippen LogP contribution in [0.3, 0.4) is 0 Å². The molecule has 2 unspecified atom stereocenters. The van der Waals surface area contributed by atoms with Crippen molar-refractivity contribution in [2.24, 2.45) is 5.92 Å². The standard InChI is InChI=1S/C15H22O3/c1-3-13-14(16)15(11(2)9-17-13)18-10-12-7-5-4-6-8-12/h4-8,11,13-16H,3,9-10H2,1-2H3/t11?,13?,14-,15+/m0/s1. The average molecular weight is 250 g/mol. The summed E-state index contributed by atoms with van der Waals surface area (Å²) < 4.78 is 11.5. The molecular weight excluding hydrogens is 228 g/mol. The molecule has 100 valence electrons. The zero-order chi connectivity index (χ0) is 13.0. The first-order chi connectivity index (χ1) is 8.72. The molecule has 4 atom stereocenters. The third-order valence-electron chi connectivity index (χ3n) is 3.54. The van der Waals surface area contributed by atoms with Gasteiger partial charge in [-0.25, -0.2) is 0 Å². The summed E-state index contributed by atoms with van der Waals surface area (Å²) in [7, 11) is 0. The van der Waals surface area contributed by atoms with Gasteiger partial charge in [0.15, 0.2) is 0 Å². The number of ether oxygens (including phenoxy) is 2. The van der Waals surface area contributed by atoms with Gasteiger partial charge < -0.3 is 14.6 Å². The van der Waals surface area contributed by atoms with Gasteiger partial charge in [0.25, 0.3) is 0 Å². The van der Waals surface area contributed by atoms with Gasteiger partial charge >= 0.3 is 0 Å². The monoisotopic (exact) mass is 250 g/mol. The summed E-state index contributed by atoms with van der Waals surface area (Å²) in [4.78, 5) is 0. The van der Waals surface area contributed by atoms with Crippen LogP contribution in [0.4, 0.5) is 0 Å². The van der Waals surface area contributed by atoms with E-state index in [9.17, 15) is 5.11 Å². The fourth-order valence-electron chi connectivity index (χ4n) is 2.41. The van der Waals surface area contributed by atoms with Crippen molar-refractivity contribution in [1.29, 1.82) is 0 Å². The van der Waals surface area contributed by atoms with Crippen molar-refractivity contribution in [3.8, 4) is 0 Å². The van der Waals surface area contributed by atoms with Gasteiger partial charge in [-0.1, -0.05) is 44.2 Å². The van der Waals surface area contributed by atoms with Gasteiger partial charge in [-0.15, -0.1) is 0 Å². The third kappa shape index (κ3) is 3.10. The summed E-state index contributed by atoms with van der Waals surface area (Å²) in [5.41, 5.74) is 1.14. The van der Waals surface area contributed by atoms with E-state index in [0.29, 0.717) is 13.2 Å².